The number of hydrogen-bond acceptors (Lipinski definition) is 3. The Balaban J connectivity index is 2.24. The van der Waals surface area contributed by atoms with E-state index in [1.54, 1.807) is 12.1 Å². The minimum absolute atomic E-state index is 0.109. The zero-order chi connectivity index (χ0) is 16.7. The van der Waals surface area contributed by atoms with Crippen molar-refractivity contribution in [2.75, 3.05) is 5.75 Å². The molecule has 0 aromatic heterocycles. The van der Waals surface area contributed by atoms with Crippen LogP contribution in [0.1, 0.15) is 37.9 Å². The fourth-order valence-electron chi connectivity index (χ4n) is 3.17. The number of fused-ring (bicyclic) bond motifs is 1. The third-order valence-corrected chi connectivity index (χ3v) is 6.96. The van der Waals surface area contributed by atoms with Crippen LogP contribution in [0.25, 0.3) is 0 Å². The molecule has 0 saturated heterocycles. The van der Waals surface area contributed by atoms with E-state index in [0.29, 0.717) is 4.90 Å². The first kappa shape index (κ1) is 16.2. The van der Waals surface area contributed by atoms with E-state index in [2.05, 4.69) is 19.2 Å². The molecule has 1 N–H and O–H groups in total. The second-order valence-electron chi connectivity index (χ2n) is 6.86. The molecule has 1 aliphatic heterocycles. The van der Waals surface area contributed by atoms with Crippen LogP contribution in [0.3, 0.4) is 0 Å². The second kappa shape index (κ2) is 5.77. The summed E-state index contributed by atoms with van der Waals surface area (Å²) >= 11 is 0. The van der Waals surface area contributed by atoms with E-state index in [4.69, 9.17) is 0 Å². The number of benzene rings is 2. The van der Waals surface area contributed by atoms with E-state index >= 15 is 0 Å². The van der Waals surface area contributed by atoms with Gasteiger partial charge in [0, 0.05) is 5.54 Å². The van der Waals surface area contributed by atoms with Crippen LogP contribution < -0.4 is 5.32 Å². The van der Waals surface area contributed by atoms with Gasteiger partial charge >= 0.3 is 0 Å². The van der Waals surface area contributed by atoms with Crippen molar-refractivity contribution < 1.29 is 8.42 Å². The molecule has 2 aromatic rings. The van der Waals surface area contributed by atoms with Crippen LogP contribution in [-0.4, -0.2) is 19.7 Å². The van der Waals surface area contributed by atoms with Crippen molar-refractivity contribution in [2.45, 2.75) is 37.2 Å². The van der Waals surface area contributed by atoms with Gasteiger partial charge in [0.05, 0.1) is 16.7 Å². The molecule has 23 heavy (non-hydrogen) atoms. The molecule has 0 bridgehead atoms. The molecule has 0 spiro atoms. The van der Waals surface area contributed by atoms with Crippen LogP contribution in [0.2, 0.25) is 0 Å². The summed E-state index contributed by atoms with van der Waals surface area (Å²) in [6.07, 6.45) is 0. The zero-order valence-corrected chi connectivity index (χ0v) is 14.6. The molecular formula is C19H23NO2S. The van der Waals surface area contributed by atoms with Gasteiger partial charge in [-0.2, -0.15) is 0 Å². The summed E-state index contributed by atoms with van der Waals surface area (Å²) in [5.74, 6) is 0.302. The molecule has 2 atom stereocenters. The van der Waals surface area contributed by atoms with Gasteiger partial charge in [0.25, 0.3) is 0 Å². The highest BCUT2D eigenvalue weighted by molar-refractivity contribution is 7.91. The highest BCUT2D eigenvalue weighted by atomic mass is 32.2. The van der Waals surface area contributed by atoms with E-state index in [-0.39, 0.29) is 17.7 Å². The van der Waals surface area contributed by atoms with Crippen LogP contribution in [-0.2, 0) is 9.84 Å². The highest BCUT2D eigenvalue weighted by Gasteiger charge is 2.41. The zero-order valence-electron chi connectivity index (χ0n) is 13.8. The summed E-state index contributed by atoms with van der Waals surface area (Å²) in [4.78, 5) is 0.450. The average Bonchev–Trinajstić information content (AvgIpc) is 2.62. The number of nitrogens with one attached hydrogen (secondary N) is 1. The maximum Gasteiger partial charge on any atom is 0.180 e. The molecular weight excluding hydrogens is 306 g/mol. The van der Waals surface area contributed by atoms with Gasteiger partial charge in [0.15, 0.2) is 9.84 Å². The van der Waals surface area contributed by atoms with Crippen molar-refractivity contribution in [3.05, 3.63) is 65.7 Å². The first-order valence-electron chi connectivity index (χ1n) is 7.98. The Labute approximate surface area is 138 Å². The van der Waals surface area contributed by atoms with Crippen molar-refractivity contribution >= 4 is 9.84 Å². The first-order valence-corrected chi connectivity index (χ1v) is 9.63. The lowest BCUT2D eigenvalue weighted by Gasteiger charge is -2.36. The lowest BCUT2D eigenvalue weighted by molar-refractivity contribution is 0.274. The Morgan fingerprint density at radius 2 is 1.65 bits per heavy atom. The van der Waals surface area contributed by atoms with Gasteiger partial charge in [-0.05, 0) is 30.0 Å². The number of sulfone groups is 1. The van der Waals surface area contributed by atoms with Crippen molar-refractivity contribution in [1.82, 2.24) is 5.32 Å². The van der Waals surface area contributed by atoms with Crippen molar-refractivity contribution in [3.63, 3.8) is 0 Å². The lowest BCUT2D eigenvalue weighted by Crippen LogP contribution is -2.51. The molecule has 0 unspecified atom stereocenters. The quantitative estimate of drug-likeness (QED) is 0.916. The molecule has 1 aliphatic rings. The van der Waals surface area contributed by atoms with Crippen molar-refractivity contribution in [3.8, 4) is 0 Å². The Kier molecular flexibility index (Phi) is 4.07. The molecule has 4 heteroatoms. The van der Waals surface area contributed by atoms with Crippen molar-refractivity contribution in [2.24, 2.45) is 5.92 Å². The van der Waals surface area contributed by atoms with Crippen LogP contribution in [0.15, 0.2) is 59.5 Å². The van der Waals surface area contributed by atoms with Crippen molar-refractivity contribution in [1.29, 1.82) is 0 Å². The summed E-state index contributed by atoms with van der Waals surface area (Å²) in [6, 6.07) is 17.3. The summed E-state index contributed by atoms with van der Waals surface area (Å²) in [5.41, 5.74) is 1.44. The standard InChI is InChI=1S/C19H23NO2S/c1-14(2)19(3)13-23(21,22)17-12-8-7-11-16(17)18(20-19)15-9-5-4-6-10-15/h4-12,14,18,20H,13H2,1-3H3/t18-,19-/m1/s1. The molecule has 1 heterocycles. The average molecular weight is 329 g/mol. The summed E-state index contributed by atoms with van der Waals surface area (Å²) in [5, 5.41) is 3.64. The predicted molar refractivity (Wildman–Crippen MR) is 93.2 cm³/mol. The van der Waals surface area contributed by atoms with Gasteiger partial charge in [-0.25, -0.2) is 8.42 Å². The Morgan fingerprint density at radius 3 is 2.30 bits per heavy atom. The van der Waals surface area contributed by atoms with Crippen LogP contribution >= 0.6 is 0 Å². The smallest absolute Gasteiger partial charge is 0.180 e. The Hall–Kier alpha value is -1.65. The third-order valence-electron chi connectivity index (χ3n) is 4.94. The second-order valence-corrected chi connectivity index (χ2v) is 8.82. The SMILES string of the molecule is CC(C)[C@@]1(C)CS(=O)(=O)c2ccccc2[C@@H](c2ccccc2)N1. The molecule has 0 amide bonds. The first-order chi connectivity index (χ1) is 10.8. The fraction of sp³-hybridized carbons (Fsp3) is 0.368. The molecule has 122 valence electrons. The molecule has 0 radical (unpaired) electrons. The summed E-state index contributed by atoms with van der Waals surface area (Å²) in [6.45, 7) is 6.15. The van der Waals surface area contributed by atoms with Crippen LogP contribution in [0.5, 0.6) is 0 Å². The normalized spacial score (nSPS) is 26.5. The van der Waals surface area contributed by atoms with E-state index in [9.17, 15) is 8.42 Å². The Bertz CT molecular complexity index is 799. The molecule has 3 nitrogen and oxygen atoms in total. The van der Waals surface area contributed by atoms with Gasteiger partial charge in [0.1, 0.15) is 0 Å². The van der Waals surface area contributed by atoms with Gasteiger partial charge in [-0.3, -0.25) is 5.32 Å². The van der Waals surface area contributed by atoms with Gasteiger partial charge in [-0.1, -0.05) is 62.4 Å². The highest BCUT2D eigenvalue weighted by Crippen LogP contribution is 2.37. The van der Waals surface area contributed by atoms with E-state index in [1.807, 2.05) is 49.4 Å². The summed E-state index contributed by atoms with van der Waals surface area (Å²) < 4.78 is 25.9. The minimum atomic E-state index is -3.33. The number of rotatable bonds is 2. The number of hydrogen-bond donors (Lipinski definition) is 1. The molecule has 3 rings (SSSR count). The maximum absolute atomic E-state index is 12.9. The van der Waals surface area contributed by atoms with E-state index < -0.39 is 15.4 Å². The third kappa shape index (κ3) is 2.93. The van der Waals surface area contributed by atoms with Gasteiger partial charge < -0.3 is 0 Å². The largest absolute Gasteiger partial charge is 0.300 e. The van der Waals surface area contributed by atoms with Crippen LogP contribution in [0, 0.1) is 5.92 Å². The van der Waals surface area contributed by atoms with Crippen LogP contribution in [0.4, 0.5) is 0 Å². The maximum atomic E-state index is 12.9. The molecule has 0 aliphatic carbocycles. The Morgan fingerprint density at radius 1 is 1.04 bits per heavy atom. The molecule has 0 fully saturated rings. The minimum Gasteiger partial charge on any atom is -0.300 e. The fourth-order valence-corrected chi connectivity index (χ4v) is 5.36. The van der Waals surface area contributed by atoms with Gasteiger partial charge in [0.2, 0.25) is 0 Å². The predicted octanol–water partition coefficient (Wildman–Crippen LogP) is 3.57. The molecule has 0 saturated carbocycles. The van der Waals surface area contributed by atoms with Gasteiger partial charge in [-0.15, -0.1) is 0 Å². The lowest BCUT2D eigenvalue weighted by atomic mass is 9.87. The van der Waals surface area contributed by atoms with E-state index in [1.165, 1.54) is 0 Å². The topological polar surface area (TPSA) is 46.2 Å². The van der Waals surface area contributed by atoms with E-state index in [0.717, 1.165) is 11.1 Å². The summed E-state index contributed by atoms with van der Waals surface area (Å²) in [7, 11) is -3.33. The molecule has 2 aromatic carbocycles. The monoisotopic (exact) mass is 329 g/mol.